The van der Waals surface area contributed by atoms with Crippen LogP contribution in [0.5, 0.6) is 0 Å². The first-order valence-electron chi connectivity index (χ1n) is 7.81. The van der Waals surface area contributed by atoms with Gasteiger partial charge in [-0.15, -0.1) is 0 Å². The van der Waals surface area contributed by atoms with E-state index in [1.54, 1.807) is 6.07 Å². The van der Waals surface area contributed by atoms with Crippen LogP contribution >= 0.6 is 24.4 Å². The Morgan fingerprint density at radius 3 is 2.39 bits per heavy atom. The molecule has 23 heavy (non-hydrogen) atoms. The Balaban J connectivity index is 1.93. The van der Waals surface area contributed by atoms with E-state index in [9.17, 15) is 8.42 Å². The second kappa shape index (κ2) is 7.32. The van der Waals surface area contributed by atoms with Gasteiger partial charge in [-0.3, -0.25) is 0 Å². The molecule has 1 fully saturated rings. The fourth-order valence-corrected chi connectivity index (χ4v) is 6.82. The third-order valence-corrected chi connectivity index (χ3v) is 8.12. The molecule has 0 amide bonds. The molecule has 0 radical (unpaired) electrons. The van der Waals surface area contributed by atoms with Crippen LogP contribution in [0.15, 0.2) is 69.3 Å². The molecule has 2 aromatic rings. The Bertz CT molecular complexity index is 757. The minimum atomic E-state index is -3.32. The molecule has 0 heterocycles. The van der Waals surface area contributed by atoms with Gasteiger partial charge in [0.15, 0.2) is 9.84 Å². The highest BCUT2D eigenvalue weighted by Crippen LogP contribution is 2.37. The fourth-order valence-electron chi connectivity index (χ4n) is 2.97. The molecule has 0 unspecified atom stereocenters. The van der Waals surface area contributed by atoms with Crippen LogP contribution in [0, 0.1) is 0 Å². The number of hydrogen-bond acceptors (Lipinski definition) is 4. The summed E-state index contributed by atoms with van der Waals surface area (Å²) in [6.45, 7) is 0. The summed E-state index contributed by atoms with van der Waals surface area (Å²) in [5, 5.41) is -0.117. The van der Waals surface area contributed by atoms with E-state index in [4.69, 9.17) is 0 Å². The molecule has 0 aliphatic heterocycles. The van der Waals surface area contributed by atoms with Crippen molar-refractivity contribution in [2.45, 2.75) is 50.9 Å². The summed E-state index contributed by atoms with van der Waals surface area (Å²) in [5.41, 5.74) is 0. The van der Waals surface area contributed by atoms with Crippen molar-refractivity contribution in [2.75, 3.05) is 0 Å². The van der Waals surface area contributed by atoms with Gasteiger partial charge in [0, 0.05) is 15.0 Å². The van der Waals surface area contributed by atoms with Crippen molar-refractivity contribution < 1.29 is 8.42 Å². The van der Waals surface area contributed by atoms with Gasteiger partial charge in [-0.1, -0.05) is 48.5 Å². The van der Waals surface area contributed by atoms with Crippen LogP contribution in [0.25, 0.3) is 0 Å². The van der Waals surface area contributed by atoms with Crippen molar-refractivity contribution in [2.24, 2.45) is 0 Å². The molecule has 0 bridgehead atoms. The zero-order chi connectivity index (χ0) is 16.3. The van der Waals surface area contributed by atoms with E-state index >= 15 is 0 Å². The third-order valence-electron chi connectivity index (χ3n) is 4.16. The van der Waals surface area contributed by atoms with E-state index in [1.165, 1.54) is 11.8 Å². The topological polar surface area (TPSA) is 34.1 Å². The van der Waals surface area contributed by atoms with Gasteiger partial charge in [-0.25, -0.2) is 8.42 Å². The van der Waals surface area contributed by atoms with Crippen molar-refractivity contribution in [3.8, 4) is 0 Å². The standard InChI is InChI=1S/C18H20O2S3/c19-23(20,16-10-6-7-14(21)13-16)18-12-5-4-11-17(18)22-15-8-2-1-3-9-15/h1-5,8-9,11-12,14,16,21H,6-7,10,13H2/t14-,16+/m0/s1. The fraction of sp³-hybridized carbons (Fsp3) is 0.333. The predicted octanol–water partition coefficient (Wildman–Crippen LogP) is 4.85. The maximum absolute atomic E-state index is 13.1. The summed E-state index contributed by atoms with van der Waals surface area (Å²) in [5.74, 6) is 0. The first kappa shape index (κ1) is 16.9. The van der Waals surface area contributed by atoms with Crippen molar-refractivity contribution in [1.29, 1.82) is 0 Å². The van der Waals surface area contributed by atoms with Crippen molar-refractivity contribution in [3.05, 3.63) is 54.6 Å². The third kappa shape index (κ3) is 3.95. The second-order valence-electron chi connectivity index (χ2n) is 5.85. The smallest absolute Gasteiger partial charge is 0.182 e. The Hall–Kier alpha value is -0.910. The Labute approximate surface area is 148 Å². The Kier molecular flexibility index (Phi) is 5.39. The van der Waals surface area contributed by atoms with Gasteiger partial charge in [0.2, 0.25) is 0 Å². The molecule has 0 N–H and O–H groups in total. The molecule has 1 aliphatic carbocycles. The molecule has 0 aromatic heterocycles. The summed E-state index contributed by atoms with van der Waals surface area (Å²) >= 11 is 6.01. The van der Waals surface area contributed by atoms with E-state index in [1.807, 2.05) is 48.5 Å². The van der Waals surface area contributed by atoms with Crippen LogP contribution in [0.4, 0.5) is 0 Å². The lowest BCUT2D eigenvalue weighted by atomic mass is 10.00. The summed E-state index contributed by atoms with van der Waals surface area (Å²) in [7, 11) is -3.32. The minimum absolute atomic E-state index is 0.192. The molecule has 1 saturated carbocycles. The second-order valence-corrected chi connectivity index (χ2v) is 9.89. The lowest BCUT2D eigenvalue weighted by Gasteiger charge is -2.26. The number of thiol groups is 1. The van der Waals surface area contributed by atoms with Crippen LogP contribution < -0.4 is 0 Å². The van der Waals surface area contributed by atoms with Gasteiger partial charge in [0.25, 0.3) is 0 Å². The molecule has 122 valence electrons. The van der Waals surface area contributed by atoms with Crippen LogP contribution in [-0.4, -0.2) is 18.9 Å². The molecule has 2 nitrogen and oxygen atoms in total. The zero-order valence-corrected chi connectivity index (χ0v) is 15.3. The first-order valence-corrected chi connectivity index (χ1v) is 10.7. The number of rotatable bonds is 4. The largest absolute Gasteiger partial charge is 0.223 e. The van der Waals surface area contributed by atoms with E-state index in [0.29, 0.717) is 11.3 Å². The van der Waals surface area contributed by atoms with Gasteiger partial charge in [-0.2, -0.15) is 12.6 Å². The molecule has 0 spiro atoms. The predicted molar refractivity (Wildman–Crippen MR) is 99.2 cm³/mol. The maximum atomic E-state index is 13.1. The minimum Gasteiger partial charge on any atom is -0.223 e. The van der Waals surface area contributed by atoms with Gasteiger partial charge in [0.1, 0.15) is 0 Å². The van der Waals surface area contributed by atoms with Gasteiger partial charge in [0.05, 0.1) is 10.1 Å². The van der Waals surface area contributed by atoms with E-state index in [2.05, 4.69) is 12.6 Å². The monoisotopic (exact) mass is 364 g/mol. The summed E-state index contributed by atoms with van der Waals surface area (Å²) in [6, 6.07) is 17.2. The highest BCUT2D eigenvalue weighted by atomic mass is 32.2. The van der Waals surface area contributed by atoms with Crippen LogP contribution in [-0.2, 0) is 9.84 Å². The van der Waals surface area contributed by atoms with E-state index in [0.717, 1.165) is 29.1 Å². The van der Waals surface area contributed by atoms with Gasteiger partial charge < -0.3 is 0 Å². The van der Waals surface area contributed by atoms with Gasteiger partial charge in [-0.05, 0) is 43.5 Å². The maximum Gasteiger partial charge on any atom is 0.182 e. The lowest BCUT2D eigenvalue weighted by Crippen LogP contribution is -2.29. The summed E-state index contributed by atoms with van der Waals surface area (Å²) < 4.78 is 26.2. The number of sulfone groups is 1. The van der Waals surface area contributed by atoms with Crippen molar-refractivity contribution in [1.82, 2.24) is 0 Å². The van der Waals surface area contributed by atoms with Crippen molar-refractivity contribution in [3.63, 3.8) is 0 Å². The Morgan fingerprint density at radius 1 is 0.957 bits per heavy atom. The number of benzene rings is 2. The molecule has 0 saturated heterocycles. The highest BCUT2D eigenvalue weighted by Gasteiger charge is 2.33. The molecule has 2 atom stereocenters. The van der Waals surface area contributed by atoms with Crippen molar-refractivity contribution >= 4 is 34.2 Å². The normalized spacial score (nSPS) is 22.0. The van der Waals surface area contributed by atoms with Crippen LogP contribution in [0.1, 0.15) is 25.7 Å². The van der Waals surface area contributed by atoms with Gasteiger partial charge >= 0.3 is 0 Å². The Morgan fingerprint density at radius 2 is 1.65 bits per heavy atom. The van der Waals surface area contributed by atoms with E-state index in [-0.39, 0.29) is 10.5 Å². The average Bonchev–Trinajstić information content (AvgIpc) is 2.56. The zero-order valence-electron chi connectivity index (χ0n) is 12.8. The molecule has 1 aliphatic rings. The van der Waals surface area contributed by atoms with Crippen LogP contribution in [0.3, 0.4) is 0 Å². The molecular formula is C18H20O2S3. The highest BCUT2D eigenvalue weighted by molar-refractivity contribution is 8.00. The summed E-state index contributed by atoms with van der Waals surface area (Å²) in [4.78, 5) is 2.31. The molecule has 5 heteroatoms. The van der Waals surface area contributed by atoms with Crippen LogP contribution in [0.2, 0.25) is 0 Å². The van der Waals surface area contributed by atoms with E-state index < -0.39 is 9.84 Å². The quantitative estimate of drug-likeness (QED) is 0.787. The number of hydrogen-bond donors (Lipinski definition) is 1. The SMILES string of the molecule is O=S(=O)(c1ccccc1Sc1ccccc1)[C@@H]1CCC[C@H](S)C1. The first-order chi connectivity index (χ1) is 11.1. The summed E-state index contributed by atoms with van der Waals surface area (Å²) in [6.07, 6.45) is 3.33. The molecule has 2 aromatic carbocycles. The average molecular weight is 365 g/mol. The molecule has 3 rings (SSSR count). The lowest BCUT2D eigenvalue weighted by molar-refractivity contribution is 0.493. The molecular weight excluding hydrogens is 344 g/mol.